The van der Waals surface area contributed by atoms with Crippen LogP contribution < -0.4 is 0 Å². The number of terminal acetylenes is 1. The molecule has 0 aliphatic carbocycles. The molecular weight excluding hydrogens is 134 g/mol. The van der Waals surface area contributed by atoms with E-state index < -0.39 is 0 Å². The second-order valence-corrected chi connectivity index (χ2v) is 1.91. The lowest BCUT2D eigenvalue weighted by atomic mass is 10.3. The normalized spacial score (nSPS) is 8.44. The highest BCUT2D eigenvalue weighted by Gasteiger charge is 1.91. The molecule has 0 amide bonds. The van der Waals surface area contributed by atoms with Crippen LogP contribution in [-0.2, 0) is 0 Å². The van der Waals surface area contributed by atoms with Gasteiger partial charge in [0.2, 0.25) is 0 Å². The van der Waals surface area contributed by atoms with Crippen LogP contribution >= 0.6 is 11.6 Å². The third kappa shape index (κ3) is 1.22. The zero-order chi connectivity index (χ0) is 6.69. The Hall–Kier alpha value is -1.00. The van der Waals surface area contributed by atoms with Gasteiger partial charge in [0.1, 0.15) is 0 Å². The van der Waals surface area contributed by atoms with Crippen molar-refractivity contribution in [3.8, 4) is 12.3 Å². The summed E-state index contributed by atoms with van der Waals surface area (Å²) < 4.78 is 0. The molecule has 44 valence electrons. The minimum Gasteiger partial charge on any atom is -0.263 e. The Bertz CT molecular complexity index is 249. The van der Waals surface area contributed by atoms with Crippen LogP contribution in [0.2, 0.25) is 5.02 Å². The Labute approximate surface area is 58.7 Å². The van der Waals surface area contributed by atoms with E-state index in [0.29, 0.717) is 10.6 Å². The highest BCUT2D eigenvalue weighted by atomic mass is 35.5. The monoisotopic (exact) mass is 137 g/mol. The predicted molar refractivity (Wildman–Crippen MR) is 37.2 cm³/mol. The standard InChI is InChI=1S/C7H4ClN/c1-2-6-5-9-4-3-7(6)8/h1,3-5H. The SMILES string of the molecule is C#Cc1cnccc1Cl. The molecule has 9 heavy (non-hydrogen) atoms. The van der Waals surface area contributed by atoms with E-state index in [2.05, 4.69) is 10.9 Å². The van der Waals surface area contributed by atoms with Gasteiger partial charge in [-0.1, -0.05) is 17.5 Å². The van der Waals surface area contributed by atoms with Crippen LogP contribution in [0.3, 0.4) is 0 Å². The third-order valence-electron chi connectivity index (χ3n) is 0.923. The van der Waals surface area contributed by atoms with Crippen molar-refractivity contribution < 1.29 is 0 Å². The summed E-state index contributed by atoms with van der Waals surface area (Å²) >= 11 is 5.64. The first-order valence-electron chi connectivity index (χ1n) is 2.40. The van der Waals surface area contributed by atoms with Crippen LogP contribution in [0.4, 0.5) is 0 Å². The van der Waals surface area contributed by atoms with Crippen molar-refractivity contribution >= 4 is 11.6 Å². The van der Waals surface area contributed by atoms with E-state index in [1.807, 2.05) is 0 Å². The number of nitrogens with zero attached hydrogens (tertiary/aromatic N) is 1. The topological polar surface area (TPSA) is 12.9 Å². The highest BCUT2D eigenvalue weighted by Crippen LogP contribution is 2.10. The molecule has 1 heterocycles. The third-order valence-corrected chi connectivity index (χ3v) is 1.25. The summed E-state index contributed by atoms with van der Waals surface area (Å²) in [6.07, 6.45) is 8.23. The molecule has 0 saturated heterocycles. The molecule has 0 N–H and O–H groups in total. The van der Waals surface area contributed by atoms with Crippen LogP contribution in [-0.4, -0.2) is 4.98 Å². The highest BCUT2D eigenvalue weighted by molar-refractivity contribution is 6.31. The molecule has 0 saturated carbocycles. The minimum absolute atomic E-state index is 0.576. The van der Waals surface area contributed by atoms with Gasteiger partial charge < -0.3 is 0 Å². The summed E-state index contributed by atoms with van der Waals surface area (Å²) in [5.41, 5.74) is 0.638. The number of aromatic nitrogens is 1. The average Bonchev–Trinajstić information content (AvgIpc) is 1.89. The molecule has 0 aliphatic heterocycles. The Morgan fingerprint density at radius 1 is 1.67 bits per heavy atom. The molecule has 0 atom stereocenters. The first kappa shape index (κ1) is 6.12. The Morgan fingerprint density at radius 3 is 2.89 bits per heavy atom. The fourth-order valence-corrected chi connectivity index (χ4v) is 0.643. The molecule has 0 aromatic carbocycles. The van der Waals surface area contributed by atoms with Gasteiger partial charge in [0.15, 0.2) is 0 Å². The van der Waals surface area contributed by atoms with Crippen molar-refractivity contribution in [3.63, 3.8) is 0 Å². The minimum atomic E-state index is 0.576. The van der Waals surface area contributed by atoms with Gasteiger partial charge in [0, 0.05) is 12.4 Å². The van der Waals surface area contributed by atoms with Crippen molar-refractivity contribution in [1.82, 2.24) is 4.98 Å². The van der Waals surface area contributed by atoms with Crippen LogP contribution in [0.1, 0.15) is 5.56 Å². The average molecular weight is 138 g/mol. The lowest BCUT2D eigenvalue weighted by Gasteiger charge is -1.89. The molecule has 0 aliphatic rings. The quantitative estimate of drug-likeness (QED) is 0.496. The van der Waals surface area contributed by atoms with E-state index in [4.69, 9.17) is 18.0 Å². The second kappa shape index (κ2) is 2.52. The number of rotatable bonds is 0. The summed E-state index contributed by atoms with van der Waals surface area (Å²) in [5, 5.41) is 0.576. The molecule has 0 bridgehead atoms. The molecule has 1 aromatic heterocycles. The second-order valence-electron chi connectivity index (χ2n) is 1.50. The van der Waals surface area contributed by atoms with Crippen LogP contribution in [0.25, 0.3) is 0 Å². The number of hydrogen-bond donors (Lipinski definition) is 0. The lowest BCUT2D eigenvalue weighted by Crippen LogP contribution is -1.76. The molecule has 1 nitrogen and oxygen atoms in total. The maximum Gasteiger partial charge on any atom is 0.0612 e. The van der Waals surface area contributed by atoms with Gasteiger partial charge in [-0.05, 0) is 6.07 Å². The summed E-state index contributed by atoms with van der Waals surface area (Å²) in [7, 11) is 0. The van der Waals surface area contributed by atoms with Gasteiger partial charge in [-0.25, -0.2) is 0 Å². The fraction of sp³-hybridized carbons (Fsp3) is 0. The van der Waals surface area contributed by atoms with E-state index >= 15 is 0 Å². The Kier molecular flexibility index (Phi) is 1.72. The summed E-state index contributed by atoms with van der Waals surface area (Å²) in [4.78, 5) is 3.79. The van der Waals surface area contributed by atoms with Crippen LogP contribution in [0.15, 0.2) is 18.5 Å². The van der Waals surface area contributed by atoms with Crippen molar-refractivity contribution in [2.75, 3.05) is 0 Å². The predicted octanol–water partition coefficient (Wildman–Crippen LogP) is 1.72. The first-order chi connectivity index (χ1) is 4.34. The molecular formula is C7H4ClN. The van der Waals surface area contributed by atoms with Gasteiger partial charge >= 0.3 is 0 Å². The van der Waals surface area contributed by atoms with Gasteiger partial charge in [0.25, 0.3) is 0 Å². The van der Waals surface area contributed by atoms with Gasteiger partial charge in [-0.3, -0.25) is 4.98 Å². The summed E-state index contributed by atoms with van der Waals surface area (Å²) in [6, 6.07) is 1.66. The van der Waals surface area contributed by atoms with Crippen molar-refractivity contribution in [2.45, 2.75) is 0 Å². The van der Waals surface area contributed by atoms with Gasteiger partial charge in [-0.2, -0.15) is 0 Å². The van der Waals surface area contributed by atoms with E-state index in [1.165, 1.54) is 0 Å². The zero-order valence-corrected chi connectivity index (χ0v) is 5.39. The smallest absolute Gasteiger partial charge is 0.0612 e. The van der Waals surface area contributed by atoms with Crippen LogP contribution in [0.5, 0.6) is 0 Å². The number of pyridine rings is 1. The summed E-state index contributed by atoms with van der Waals surface area (Å²) in [6.45, 7) is 0. The van der Waals surface area contributed by atoms with E-state index in [-0.39, 0.29) is 0 Å². The number of hydrogen-bond acceptors (Lipinski definition) is 1. The van der Waals surface area contributed by atoms with Crippen LogP contribution in [0, 0.1) is 12.3 Å². The number of halogens is 1. The first-order valence-corrected chi connectivity index (χ1v) is 2.78. The molecule has 0 spiro atoms. The van der Waals surface area contributed by atoms with E-state index in [1.54, 1.807) is 18.5 Å². The molecule has 0 radical (unpaired) electrons. The van der Waals surface area contributed by atoms with Crippen molar-refractivity contribution in [2.24, 2.45) is 0 Å². The molecule has 1 aromatic rings. The molecule has 2 heteroatoms. The molecule has 0 unspecified atom stereocenters. The zero-order valence-electron chi connectivity index (χ0n) is 4.63. The molecule has 1 rings (SSSR count). The Balaban J connectivity index is 3.20. The Morgan fingerprint density at radius 2 is 2.44 bits per heavy atom. The largest absolute Gasteiger partial charge is 0.263 e. The maximum atomic E-state index is 5.64. The summed E-state index contributed by atoms with van der Waals surface area (Å²) in [5.74, 6) is 2.40. The van der Waals surface area contributed by atoms with Crippen molar-refractivity contribution in [3.05, 3.63) is 29.0 Å². The van der Waals surface area contributed by atoms with E-state index in [0.717, 1.165) is 0 Å². The maximum absolute atomic E-state index is 5.64. The fourth-order valence-electron chi connectivity index (χ4n) is 0.484. The van der Waals surface area contributed by atoms with Gasteiger partial charge in [-0.15, -0.1) is 6.42 Å². The van der Waals surface area contributed by atoms with E-state index in [9.17, 15) is 0 Å². The van der Waals surface area contributed by atoms with Crippen molar-refractivity contribution in [1.29, 1.82) is 0 Å². The lowest BCUT2D eigenvalue weighted by molar-refractivity contribution is 1.31. The van der Waals surface area contributed by atoms with Gasteiger partial charge in [0.05, 0.1) is 10.6 Å². The molecule has 0 fully saturated rings.